The Labute approximate surface area is 150 Å². The first-order chi connectivity index (χ1) is 12.7. The van der Waals surface area contributed by atoms with Gasteiger partial charge in [-0.25, -0.2) is 4.98 Å². The second-order valence-corrected chi connectivity index (χ2v) is 5.73. The Bertz CT molecular complexity index is 965. The maximum absolute atomic E-state index is 12.0. The average Bonchev–Trinajstić information content (AvgIpc) is 2.66. The van der Waals surface area contributed by atoms with Gasteiger partial charge in [-0.15, -0.1) is 0 Å². The average molecular weight is 352 g/mol. The van der Waals surface area contributed by atoms with E-state index in [2.05, 4.69) is 9.97 Å². The van der Waals surface area contributed by atoms with Crippen molar-refractivity contribution in [3.63, 3.8) is 0 Å². The molecule has 0 fully saturated rings. The molecule has 2 aromatic carbocycles. The lowest BCUT2D eigenvalue weighted by atomic mass is 10.1. The number of para-hydroxylation sites is 2. The van der Waals surface area contributed by atoms with Crippen LogP contribution in [0.25, 0.3) is 10.9 Å². The molecule has 1 aromatic heterocycles. The summed E-state index contributed by atoms with van der Waals surface area (Å²) in [6, 6.07) is 14.7. The number of nitrogens with one attached hydrogen (secondary N) is 1. The number of aromatic nitrogens is 2. The summed E-state index contributed by atoms with van der Waals surface area (Å²) in [5, 5.41) is 0.509. The van der Waals surface area contributed by atoms with Crippen LogP contribution in [0.4, 0.5) is 0 Å². The number of esters is 1. The summed E-state index contributed by atoms with van der Waals surface area (Å²) in [6.07, 6.45) is 0.749. The van der Waals surface area contributed by atoms with E-state index in [1.165, 1.54) is 0 Å². The van der Waals surface area contributed by atoms with Crippen molar-refractivity contribution in [1.29, 1.82) is 0 Å². The second kappa shape index (κ2) is 8.29. The molecule has 0 bridgehead atoms. The van der Waals surface area contributed by atoms with Crippen LogP contribution in [-0.4, -0.2) is 22.5 Å². The van der Waals surface area contributed by atoms with Crippen molar-refractivity contribution < 1.29 is 14.3 Å². The second-order valence-electron chi connectivity index (χ2n) is 5.73. The number of hydrogen-bond acceptors (Lipinski definition) is 5. The molecule has 0 spiro atoms. The van der Waals surface area contributed by atoms with Crippen molar-refractivity contribution >= 4 is 16.9 Å². The summed E-state index contributed by atoms with van der Waals surface area (Å²) in [4.78, 5) is 31.0. The number of nitrogens with zero attached hydrogens (tertiary/aromatic N) is 1. The Morgan fingerprint density at radius 2 is 1.88 bits per heavy atom. The van der Waals surface area contributed by atoms with Gasteiger partial charge in [-0.1, -0.05) is 30.3 Å². The Kier molecular flexibility index (Phi) is 5.63. The lowest BCUT2D eigenvalue weighted by Crippen LogP contribution is -2.14. The molecule has 6 nitrogen and oxygen atoms in total. The summed E-state index contributed by atoms with van der Waals surface area (Å²) >= 11 is 0. The number of fused-ring (bicyclic) bond motifs is 1. The first-order valence-corrected chi connectivity index (χ1v) is 8.51. The molecule has 0 aliphatic carbocycles. The van der Waals surface area contributed by atoms with Crippen LogP contribution < -0.4 is 10.3 Å². The predicted molar refractivity (Wildman–Crippen MR) is 98.1 cm³/mol. The van der Waals surface area contributed by atoms with Crippen LogP contribution in [0.1, 0.15) is 24.7 Å². The third-order valence-electron chi connectivity index (χ3n) is 3.90. The first kappa shape index (κ1) is 17.7. The summed E-state index contributed by atoms with van der Waals surface area (Å²) < 4.78 is 10.8. The van der Waals surface area contributed by atoms with Gasteiger partial charge in [-0.05, 0) is 37.1 Å². The van der Waals surface area contributed by atoms with Crippen LogP contribution in [0, 0.1) is 0 Å². The van der Waals surface area contributed by atoms with Gasteiger partial charge in [-0.2, -0.15) is 0 Å². The van der Waals surface area contributed by atoms with Crippen molar-refractivity contribution in [3.8, 4) is 5.75 Å². The van der Waals surface area contributed by atoms with E-state index in [1.807, 2.05) is 31.2 Å². The van der Waals surface area contributed by atoms with Gasteiger partial charge in [-0.3, -0.25) is 9.59 Å². The van der Waals surface area contributed by atoms with Crippen molar-refractivity contribution in [1.82, 2.24) is 9.97 Å². The van der Waals surface area contributed by atoms with E-state index >= 15 is 0 Å². The fraction of sp³-hybridized carbons (Fsp3) is 0.250. The number of rotatable bonds is 7. The number of carbonyl (C=O) groups is 1. The van der Waals surface area contributed by atoms with Crippen molar-refractivity contribution in [2.45, 2.75) is 26.4 Å². The summed E-state index contributed by atoms with van der Waals surface area (Å²) in [7, 11) is 0. The van der Waals surface area contributed by atoms with Crippen LogP contribution in [0.2, 0.25) is 0 Å². The van der Waals surface area contributed by atoms with E-state index in [-0.39, 0.29) is 24.6 Å². The van der Waals surface area contributed by atoms with Crippen LogP contribution in [0.3, 0.4) is 0 Å². The molecule has 0 saturated carbocycles. The molecule has 1 heterocycles. The zero-order valence-corrected chi connectivity index (χ0v) is 14.5. The van der Waals surface area contributed by atoms with Gasteiger partial charge in [0.05, 0.1) is 17.5 Å². The molecule has 0 saturated heterocycles. The number of hydrogen-bond donors (Lipinski definition) is 1. The molecular formula is C20H20N2O4. The Balaban J connectivity index is 1.59. The summed E-state index contributed by atoms with van der Waals surface area (Å²) in [5.74, 6) is 0.757. The van der Waals surface area contributed by atoms with Gasteiger partial charge >= 0.3 is 5.97 Å². The molecule has 3 aromatic rings. The molecule has 1 N–H and O–H groups in total. The number of benzene rings is 2. The zero-order chi connectivity index (χ0) is 18.4. The highest BCUT2D eigenvalue weighted by atomic mass is 16.5. The fourth-order valence-electron chi connectivity index (χ4n) is 2.67. The van der Waals surface area contributed by atoms with Gasteiger partial charge in [0, 0.05) is 6.42 Å². The highest BCUT2D eigenvalue weighted by Crippen LogP contribution is 2.19. The maximum Gasteiger partial charge on any atom is 0.306 e. The molecule has 134 valence electrons. The van der Waals surface area contributed by atoms with Crippen LogP contribution in [0.15, 0.2) is 53.3 Å². The van der Waals surface area contributed by atoms with E-state index in [1.54, 1.807) is 24.3 Å². The van der Waals surface area contributed by atoms with Gasteiger partial charge in [0.1, 0.15) is 18.2 Å². The standard InChI is InChI=1S/C20H20N2O4/c1-2-25-17-10-6-3-7-14(17)11-12-19(23)26-13-18-21-16-9-5-4-8-15(16)20(24)22-18/h3-10H,2,11-13H2,1H3,(H,21,22,24). The minimum atomic E-state index is -0.355. The fourth-order valence-corrected chi connectivity index (χ4v) is 2.67. The molecule has 3 rings (SSSR count). The number of ether oxygens (including phenoxy) is 2. The van der Waals surface area contributed by atoms with Gasteiger partial charge in [0.25, 0.3) is 5.56 Å². The molecule has 0 unspecified atom stereocenters. The minimum absolute atomic E-state index is 0.0635. The van der Waals surface area contributed by atoms with Crippen LogP contribution >= 0.6 is 0 Å². The largest absolute Gasteiger partial charge is 0.494 e. The van der Waals surface area contributed by atoms with Gasteiger partial charge in [0.15, 0.2) is 0 Å². The zero-order valence-electron chi connectivity index (χ0n) is 14.5. The van der Waals surface area contributed by atoms with Crippen molar-refractivity contribution in [3.05, 3.63) is 70.3 Å². The smallest absolute Gasteiger partial charge is 0.306 e. The highest BCUT2D eigenvalue weighted by Gasteiger charge is 2.09. The Morgan fingerprint density at radius 3 is 2.73 bits per heavy atom. The summed E-state index contributed by atoms with van der Waals surface area (Å²) in [6.45, 7) is 2.43. The maximum atomic E-state index is 12.0. The highest BCUT2D eigenvalue weighted by molar-refractivity contribution is 5.77. The van der Waals surface area contributed by atoms with Gasteiger partial charge in [0.2, 0.25) is 0 Å². The monoisotopic (exact) mass is 352 g/mol. The first-order valence-electron chi connectivity index (χ1n) is 8.51. The Morgan fingerprint density at radius 1 is 1.12 bits per heavy atom. The molecule has 0 radical (unpaired) electrons. The molecular weight excluding hydrogens is 332 g/mol. The molecule has 0 aliphatic rings. The van der Waals surface area contributed by atoms with Gasteiger partial charge < -0.3 is 14.5 Å². The quantitative estimate of drug-likeness (QED) is 0.661. The van der Waals surface area contributed by atoms with Crippen molar-refractivity contribution in [2.75, 3.05) is 6.61 Å². The van der Waals surface area contributed by atoms with Crippen LogP contribution in [0.5, 0.6) is 5.75 Å². The molecule has 0 amide bonds. The normalized spacial score (nSPS) is 10.7. The lowest BCUT2D eigenvalue weighted by molar-refractivity contribution is -0.145. The third kappa shape index (κ3) is 4.27. The third-order valence-corrected chi connectivity index (χ3v) is 3.90. The predicted octanol–water partition coefficient (Wildman–Crippen LogP) is 3.00. The van der Waals surface area contributed by atoms with E-state index in [0.717, 1.165) is 11.3 Å². The van der Waals surface area contributed by atoms with E-state index in [9.17, 15) is 9.59 Å². The SMILES string of the molecule is CCOc1ccccc1CCC(=O)OCc1nc2ccccc2c(=O)[nH]1. The lowest BCUT2D eigenvalue weighted by Gasteiger charge is -2.10. The van der Waals surface area contributed by atoms with Crippen molar-refractivity contribution in [2.24, 2.45) is 0 Å². The number of carbonyl (C=O) groups excluding carboxylic acids is 1. The minimum Gasteiger partial charge on any atom is -0.494 e. The molecule has 26 heavy (non-hydrogen) atoms. The number of aryl methyl sites for hydroxylation is 1. The molecule has 6 heteroatoms. The van der Waals surface area contributed by atoms with Crippen LogP contribution in [-0.2, 0) is 22.6 Å². The van der Waals surface area contributed by atoms with E-state index in [0.29, 0.717) is 29.8 Å². The summed E-state index contributed by atoms with van der Waals surface area (Å²) in [5.41, 5.74) is 1.30. The van der Waals surface area contributed by atoms with E-state index in [4.69, 9.17) is 9.47 Å². The molecule has 0 aliphatic heterocycles. The number of aromatic amines is 1. The van der Waals surface area contributed by atoms with E-state index < -0.39 is 0 Å². The Hall–Kier alpha value is -3.15. The molecule has 0 atom stereocenters. The number of H-pyrrole nitrogens is 1. The topological polar surface area (TPSA) is 81.3 Å².